The van der Waals surface area contributed by atoms with Crippen LogP contribution in [-0.2, 0) is 21.1 Å². The molecule has 0 N–H and O–H groups in total. The van der Waals surface area contributed by atoms with Crippen molar-refractivity contribution in [2.75, 3.05) is 31.8 Å². The molecule has 118 valence electrons. The summed E-state index contributed by atoms with van der Waals surface area (Å²) in [5.41, 5.74) is 1.04. The molecule has 0 spiro atoms. The molecule has 1 aliphatic heterocycles. The van der Waals surface area contributed by atoms with Gasteiger partial charge in [-0.05, 0) is 24.5 Å². The standard InChI is InChI=1S/C15H22ClNO3S/c1-20-9-4-8-17(14-7-10-21(18,19)12-14)11-13-5-2-3-6-15(13)16/h2-3,5-6,14H,4,7-12H2,1H3/t14-/m1/s1. The van der Waals surface area contributed by atoms with Gasteiger partial charge in [0.15, 0.2) is 9.84 Å². The maximum absolute atomic E-state index is 11.7. The maximum atomic E-state index is 11.7. The van der Waals surface area contributed by atoms with E-state index in [0.717, 1.165) is 23.6 Å². The van der Waals surface area contributed by atoms with E-state index in [1.54, 1.807) is 7.11 Å². The molecule has 0 unspecified atom stereocenters. The maximum Gasteiger partial charge on any atom is 0.151 e. The minimum absolute atomic E-state index is 0.0862. The SMILES string of the molecule is COCCCN(Cc1ccccc1Cl)[C@@H]1CCS(=O)(=O)C1. The number of hydrogen-bond acceptors (Lipinski definition) is 4. The predicted octanol–water partition coefficient (Wildman–Crippen LogP) is 2.37. The lowest BCUT2D eigenvalue weighted by Crippen LogP contribution is -2.37. The van der Waals surface area contributed by atoms with Gasteiger partial charge in [-0.3, -0.25) is 4.90 Å². The fourth-order valence-corrected chi connectivity index (χ4v) is 4.67. The molecule has 0 saturated carbocycles. The smallest absolute Gasteiger partial charge is 0.151 e. The average Bonchev–Trinajstić information content (AvgIpc) is 2.80. The number of sulfone groups is 1. The number of methoxy groups -OCH3 is 1. The van der Waals surface area contributed by atoms with Crippen LogP contribution in [0, 0.1) is 0 Å². The zero-order valence-electron chi connectivity index (χ0n) is 12.3. The van der Waals surface area contributed by atoms with Crippen LogP contribution in [0.15, 0.2) is 24.3 Å². The summed E-state index contributed by atoms with van der Waals surface area (Å²) in [6, 6.07) is 7.81. The molecule has 1 aromatic rings. The van der Waals surface area contributed by atoms with Gasteiger partial charge in [0.1, 0.15) is 0 Å². The lowest BCUT2D eigenvalue weighted by atomic mass is 10.1. The van der Waals surface area contributed by atoms with Crippen LogP contribution in [0.5, 0.6) is 0 Å². The molecule has 0 bridgehead atoms. The van der Waals surface area contributed by atoms with Gasteiger partial charge < -0.3 is 4.74 Å². The molecule has 0 aliphatic carbocycles. The molecule has 6 heteroatoms. The van der Waals surface area contributed by atoms with Gasteiger partial charge in [0, 0.05) is 37.9 Å². The van der Waals surface area contributed by atoms with Crippen molar-refractivity contribution in [1.82, 2.24) is 4.90 Å². The topological polar surface area (TPSA) is 46.6 Å². The van der Waals surface area contributed by atoms with Crippen molar-refractivity contribution in [3.63, 3.8) is 0 Å². The van der Waals surface area contributed by atoms with Crippen molar-refractivity contribution in [2.45, 2.75) is 25.4 Å². The first-order valence-corrected chi connectivity index (χ1v) is 9.38. The summed E-state index contributed by atoms with van der Waals surface area (Å²) in [6.45, 7) is 2.18. The van der Waals surface area contributed by atoms with Crippen LogP contribution in [0.25, 0.3) is 0 Å². The van der Waals surface area contributed by atoms with E-state index in [2.05, 4.69) is 4.90 Å². The van der Waals surface area contributed by atoms with Crippen LogP contribution in [0.2, 0.25) is 5.02 Å². The van der Waals surface area contributed by atoms with Gasteiger partial charge in [-0.25, -0.2) is 8.42 Å². The highest BCUT2D eigenvalue weighted by Gasteiger charge is 2.32. The van der Waals surface area contributed by atoms with Crippen molar-refractivity contribution >= 4 is 21.4 Å². The van der Waals surface area contributed by atoms with Gasteiger partial charge in [0.2, 0.25) is 0 Å². The Bertz CT molecular complexity index is 562. The lowest BCUT2D eigenvalue weighted by molar-refractivity contribution is 0.150. The average molecular weight is 332 g/mol. The van der Waals surface area contributed by atoms with Crippen LogP contribution >= 0.6 is 11.6 Å². The van der Waals surface area contributed by atoms with E-state index >= 15 is 0 Å². The summed E-state index contributed by atoms with van der Waals surface area (Å²) in [6.07, 6.45) is 1.59. The lowest BCUT2D eigenvalue weighted by Gasteiger charge is -2.28. The molecule has 21 heavy (non-hydrogen) atoms. The molecule has 0 aromatic heterocycles. The van der Waals surface area contributed by atoms with E-state index < -0.39 is 9.84 Å². The molecule has 0 amide bonds. The summed E-state index contributed by atoms with van der Waals surface area (Å²) < 4.78 is 28.5. The zero-order chi connectivity index (χ0) is 15.3. The Morgan fingerprint density at radius 1 is 1.38 bits per heavy atom. The third-order valence-corrected chi connectivity index (χ3v) is 5.97. The van der Waals surface area contributed by atoms with Crippen LogP contribution in [0.1, 0.15) is 18.4 Å². The summed E-state index contributed by atoms with van der Waals surface area (Å²) in [7, 11) is -1.20. The molecule has 1 fully saturated rings. The number of nitrogens with zero attached hydrogens (tertiary/aromatic N) is 1. The third kappa shape index (κ3) is 4.95. The van der Waals surface area contributed by atoms with E-state index in [0.29, 0.717) is 25.3 Å². The fourth-order valence-electron chi connectivity index (χ4n) is 2.71. The quantitative estimate of drug-likeness (QED) is 0.720. The van der Waals surface area contributed by atoms with Gasteiger partial charge in [0.25, 0.3) is 0 Å². The molecule has 4 nitrogen and oxygen atoms in total. The molecule has 0 radical (unpaired) electrons. The third-order valence-electron chi connectivity index (χ3n) is 3.85. The highest BCUT2D eigenvalue weighted by atomic mass is 35.5. The second-order valence-electron chi connectivity index (χ2n) is 5.47. The number of hydrogen-bond donors (Lipinski definition) is 0. The highest BCUT2D eigenvalue weighted by molar-refractivity contribution is 7.91. The van der Waals surface area contributed by atoms with Crippen molar-refractivity contribution in [3.05, 3.63) is 34.9 Å². The molecular formula is C15H22ClNO3S. The zero-order valence-corrected chi connectivity index (χ0v) is 13.9. The summed E-state index contributed by atoms with van der Waals surface area (Å²) >= 11 is 6.22. The molecule has 2 rings (SSSR count). The first-order valence-electron chi connectivity index (χ1n) is 7.18. The number of ether oxygens (including phenoxy) is 1. The fraction of sp³-hybridized carbons (Fsp3) is 0.600. The number of rotatable bonds is 7. The summed E-state index contributed by atoms with van der Waals surface area (Å²) in [5.74, 6) is 0.547. The minimum atomic E-state index is -2.88. The molecule has 1 aromatic carbocycles. The second-order valence-corrected chi connectivity index (χ2v) is 8.10. The Kier molecular flexibility index (Phi) is 6.05. The van der Waals surface area contributed by atoms with E-state index in [1.807, 2.05) is 24.3 Å². The minimum Gasteiger partial charge on any atom is -0.385 e. The molecule has 1 saturated heterocycles. The molecule has 1 atom stereocenters. The van der Waals surface area contributed by atoms with Crippen LogP contribution in [0.4, 0.5) is 0 Å². The van der Waals surface area contributed by atoms with Gasteiger partial charge >= 0.3 is 0 Å². The van der Waals surface area contributed by atoms with Crippen molar-refractivity contribution < 1.29 is 13.2 Å². The van der Waals surface area contributed by atoms with Crippen LogP contribution in [-0.4, -0.2) is 51.1 Å². The van der Waals surface area contributed by atoms with Crippen molar-refractivity contribution in [1.29, 1.82) is 0 Å². The normalized spacial score (nSPS) is 21.0. The van der Waals surface area contributed by atoms with E-state index in [-0.39, 0.29) is 11.8 Å². The van der Waals surface area contributed by atoms with E-state index in [1.165, 1.54) is 0 Å². The van der Waals surface area contributed by atoms with Gasteiger partial charge in [-0.15, -0.1) is 0 Å². The Labute approximate surface area is 132 Å². The first kappa shape index (κ1) is 16.7. The van der Waals surface area contributed by atoms with Gasteiger partial charge in [-0.1, -0.05) is 29.8 Å². The Hall–Kier alpha value is -0.620. The highest BCUT2D eigenvalue weighted by Crippen LogP contribution is 2.23. The van der Waals surface area contributed by atoms with Crippen LogP contribution < -0.4 is 0 Å². The summed E-state index contributed by atoms with van der Waals surface area (Å²) in [5, 5.41) is 0.732. The Balaban J connectivity index is 2.07. The van der Waals surface area contributed by atoms with Gasteiger partial charge in [0.05, 0.1) is 11.5 Å². The van der Waals surface area contributed by atoms with Crippen LogP contribution in [0.3, 0.4) is 0 Å². The Morgan fingerprint density at radius 3 is 2.76 bits per heavy atom. The first-order chi connectivity index (χ1) is 10.0. The monoisotopic (exact) mass is 331 g/mol. The Morgan fingerprint density at radius 2 is 2.14 bits per heavy atom. The largest absolute Gasteiger partial charge is 0.385 e. The molecule has 1 heterocycles. The van der Waals surface area contributed by atoms with Gasteiger partial charge in [-0.2, -0.15) is 0 Å². The van der Waals surface area contributed by atoms with E-state index in [9.17, 15) is 8.42 Å². The predicted molar refractivity (Wildman–Crippen MR) is 85.4 cm³/mol. The second kappa shape index (κ2) is 7.58. The van der Waals surface area contributed by atoms with Crippen molar-refractivity contribution in [3.8, 4) is 0 Å². The number of halogens is 1. The number of benzene rings is 1. The van der Waals surface area contributed by atoms with E-state index in [4.69, 9.17) is 16.3 Å². The molecular weight excluding hydrogens is 310 g/mol. The molecule has 1 aliphatic rings. The van der Waals surface area contributed by atoms with Crippen molar-refractivity contribution in [2.24, 2.45) is 0 Å². The summed E-state index contributed by atoms with van der Waals surface area (Å²) in [4.78, 5) is 2.23.